The molecule has 7 nitrogen and oxygen atoms in total. The number of carbonyl (C=O) groups excluding carboxylic acids is 3. The highest BCUT2D eigenvalue weighted by Gasteiger charge is 2.12. The summed E-state index contributed by atoms with van der Waals surface area (Å²) in [7, 11) is 0. The van der Waals surface area contributed by atoms with E-state index in [1.165, 1.54) is 6.92 Å². The Hall–Kier alpha value is -2.57. The van der Waals surface area contributed by atoms with E-state index in [1.807, 2.05) is 6.92 Å². The van der Waals surface area contributed by atoms with Crippen molar-refractivity contribution < 1.29 is 23.9 Å². The predicted molar refractivity (Wildman–Crippen MR) is 81.8 cm³/mol. The first-order valence-corrected chi connectivity index (χ1v) is 6.96. The van der Waals surface area contributed by atoms with Crippen molar-refractivity contribution in [2.24, 2.45) is 0 Å². The van der Waals surface area contributed by atoms with Gasteiger partial charge in [-0.25, -0.2) is 0 Å². The number of esters is 1. The predicted octanol–water partition coefficient (Wildman–Crippen LogP) is 1.94. The summed E-state index contributed by atoms with van der Waals surface area (Å²) in [6, 6.07) is 4.81. The summed E-state index contributed by atoms with van der Waals surface area (Å²) in [5.41, 5.74) is 0.976. The summed E-state index contributed by atoms with van der Waals surface area (Å²) in [5, 5.41) is 5.22. The molecule has 0 aromatic heterocycles. The molecule has 7 heteroatoms. The van der Waals surface area contributed by atoms with Gasteiger partial charge in [-0.15, -0.1) is 0 Å². The zero-order valence-electron chi connectivity index (χ0n) is 12.9. The second kappa shape index (κ2) is 8.66. The van der Waals surface area contributed by atoms with Crippen molar-refractivity contribution in [2.75, 3.05) is 23.8 Å². The van der Waals surface area contributed by atoms with E-state index in [0.717, 1.165) is 0 Å². The maximum Gasteiger partial charge on any atom is 0.315 e. The van der Waals surface area contributed by atoms with E-state index in [9.17, 15) is 14.4 Å². The molecule has 0 saturated carbocycles. The van der Waals surface area contributed by atoms with E-state index >= 15 is 0 Å². The fourth-order valence-electron chi connectivity index (χ4n) is 1.72. The molecule has 22 heavy (non-hydrogen) atoms. The maximum atomic E-state index is 11.7. The smallest absolute Gasteiger partial charge is 0.315 e. The first-order valence-electron chi connectivity index (χ1n) is 6.96. The van der Waals surface area contributed by atoms with Gasteiger partial charge in [0.25, 0.3) is 0 Å². The van der Waals surface area contributed by atoms with Crippen LogP contribution >= 0.6 is 0 Å². The highest BCUT2D eigenvalue weighted by molar-refractivity contribution is 6.02. The Morgan fingerprint density at radius 1 is 1.09 bits per heavy atom. The van der Waals surface area contributed by atoms with Gasteiger partial charge in [-0.2, -0.15) is 0 Å². The van der Waals surface area contributed by atoms with E-state index in [1.54, 1.807) is 25.1 Å². The Bertz CT molecular complexity index is 557. The molecule has 0 bridgehead atoms. The van der Waals surface area contributed by atoms with Gasteiger partial charge in [0.05, 0.1) is 18.9 Å². The zero-order valence-corrected chi connectivity index (χ0v) is 12.9. The number of hydrogen-bond donors (Lipinski definition) is 2. The van der Waals surface area contributed by atoms with Gasteiger partial charge in [-0.3, -0.25) is 14.4 Å². The van der Waals surface area contributed by atoms with Crippen LogP contribution in [0.1, 0.15) is 27.2 Å². The van der Waals surface area contributed by atoms with Crippen LogP contribution in [0, 0.1) is 0 Å². The van der Waals surface area contributed by atoms with Crippen LogP contribution in [0.2, 0.25) is 0 Å². The van der Waals surface area contributed by atoms with E-state index in [2.05, 4.69) is 10.6 Å². The number of benzene rings is 1. The van der Waals surface area contributed by atoms with Crippen molar-refractivity contribution in [3.05, 3.63) is 18.2 Å². The largest absolute Gasteiger partial charge is 0.492 e. The van der Waals surface area contributed by atoms with Crippen LogP contribution in [0.3, 0.4) is 0 Å². The molecule has 0 aliphatic carbocycles. The van der Waals surface area contributed by atoms with Crippen LogP contribution in [0.15, 0.2) is 18.2 Å². The number of amides is 2. The number of hydrogen-bond acceptors (Lipinski definition) is 5. The molecule has 120 valence electrons. The van der Waals surface area contributed by atoms with Crippen LogP contribution in [0.5, 0.6) is 5.75 Å². The molecular weight excluding hydrogens is 288 g/mol. The van der Waals surface area contributed by atoms with Gasteiger partial charge in [0, 0.05) is 18.7 Å². The quantitative estimate of drug-likeness (QED) is 0.593. The van der Waals surface area contributed by atoms with E-state index in [0.29, 0.717) is 23.7 Å². The van der Waals surface area contributed by atoms with Crippen LogP contribution in [0.25, 0.3) is 0 Å². The third-order valence-electron chi connectivity index (χ3n) is 2.49. The zero-order chi connectivity index (χ0) is 16.5. The van der Waals surface area contributed by atoms with Crippen LogP contribution in [-0.4, -0.2) is 31.0 Å². The number of ether oxygens (including phenoxy) is 2. The minimum Gasteiger partial charge on any atom is -0.492 e. The lowest BCUT2D eigenvalue weighted by Gasteiger charge is -2.13. The number of carbonyl (C=O) groups is 3. The minimum atomic E-state index is -0.583. The topological polar surface area (TPSA) is 93.7 Å². The SMILES string of the molecule is CCOC(=O)CC(=O)Nc1ccc(NC(C)=O)c(OCC)c1. The van der Waals surface area contributed by atoms with Crippen molar-refractivity contribution in [3.63, 3.8) is 0 Å². The summed E-state index contributed by atoms with van der Waals surface area (Å²) in [5.74, 6) is -0.847. The van der Waals surface area contributed by atoms with Crippen LogP contribution < -0.4 is 15.4 Å². The molecule has 0 aliphatic heterocycles. The van der Waals surface area contributed by atoms with Gasteiger partial charge >= 0.3 is 5.97 Å². The van der Waals surface area contributed by atoms with Crippen LogP contribution in [0.4, 0.5) is 11.4 Å². The molecule has 0 radical (unpaired) electrons. The summed E-state index contributed by atoms with van der Waals surface area (Å²) >= 11 is 0. The molecule has 0 fully saturated rings. The molecule has 1 rings (SSSR count). The summed E-state index contributed by atoms with van der Waals surface area (Å²) < 4.78 is 10.1. The van der Waals surface area contributed by atoms with Crippen molar-refractivity contribution >= 4 is 29.2 Å². The van der Waals surface area contributed by atoms with E-state index < -0.39 is 11.9 Å². The van der Waals surface area contributed by atoms with Gasteiger partial charge in [0.2, 0.25) is 11.8 Å². The number of nitrogens with one attached hydrogen (secondary N) is 2. The average Bonchev–Trinajstić information content (AvgIpc) is 2.41. The summed E-state index contributed by atoms with van der Waals surface area (Å²) in [6.07, 6.45) is -0.356. The summed E-state index contributed by atoms with van der Waals surface area (Å²) in [4.78, 5) is 34.1. The average molecular weight is 308 g/mol. The lowest BCUT2D eigenvalue weighted by Crippen LogP contribution is -2.18. The molecule has 1 aromatic rings. The molecule has 1 aromatic carbocycles. The van der Waals surface area contributed by atoms with Gasteiger partial charge in [0.15, 0.2) is 0 Å². The Kier molecular flexibility index (Phi) is 6.88. The van der Waals surface area contributed by atoms with Crippen molar-refractivity contribution in [2.45, 2.75) is 27.2 Å². The summed E-state index contributed by atoms with van der Waals surface area (Å²) in [6.45, 7) is 5.51. The molecule has 0 unspecified atom stereocenters. The minimum absolute atomic E-state index is 0.222. The lowest BCUT2D eigenvalue weighted by molar-refractivity contribution is -0.145. The molecule has 2 amide bonds. The van der Waals surface area contributed by atoms with Gasteiger partial charge in [-0.05, 0) is 26.0 Å². The normalized spacial score (nSPS) is 9.77. The maximum absolute atomic E-state index is 11.7. The van der Waals surface area contributed by atoms with Crippen LogP contribution in [-0.2, 0) is 19.1 Å². The monoisotopic (exact) mass is 308 g/mol. The fraction of sp³-hybridized carbons (Fsp3) is 0.400. The molecule has 2 N–H and O–H groups in total. The van der Waals surface area contributed by atoms with Gasteiger partial charge < -0.3 is 20.1 Å². The van der Waals surface area contributed by atoms with Gasteiger partial charge in [0.1, 0.15) is 12.2 Å². The Balaban J connectivity index is 2.79. The lowest BCUT2D eigenvalue weighted by atomic mass is 10.2. The molecular formula is C15H20N2O5. The Morgan fingerprint density at radius 2 is 1.82 bits per heavy atom. The third kappa shape index (κ3) is 5.82. The number of anilines is 2. The molecule has 0 spiro atoms. The Morgan fingerprint density at radius 3 is 2.41 bits per heavy atom. The molecule has 0 atom stereocenters. The van der Waals surface area contributed by atoms with Crippen molar-refractivity contribution in [1.82, 2.24) is 0 Å². The standard InChI is InChI=1S/C15H20N2O5/c1-4-21-13-8-11(6-7-12(13)16-10(3)18)17-14(19)9-15(20)22-5-2/h6-8H,4-5,9H2,1-3H3,(H,16,18)(H,17,19). The molecule has 0 aliphatic rings. The highest BCUT2D eigenvalue weighted by Crippen LogP contribution is 2.28. The second-order valence-corrected chi connectivity index (χ2v) is 4.36. The Labute approximate surface area is 129 Å². The van der Waals surface area contributed by atoms with E-state index in [-0.39, 0.29) is 18.9 Å². The fourth-order valence-corrected chi connectivity index (χ4v) is 1.72. The molecule has 0 saturated heterocycles. The van der Waals surface area contributed by atoms with Crippen molar-refractivity contribution in [1.29, 1.82) is 0 Å². The highest BCUT2D eigenvalue weighted by atomic mass is 16.5. The third-order valence-corrected chi connectivity index (χ3v) is 2.49. The first kappa shape index (κ1) is 17.5. The van der Waals surface area contributed by atoms with Crippen molar-refractivity contribution in [3.8, 4) is 5.75 Å². The second-order valence-electron chi connectivity index (χ2n) is 4.36. The number of rotatable bonds is 7. The van der Waals surface area contributed by atoms with E-state index in [4.69, 9.17) is 9.47 Å². The first-order chi connectivity index (χ1) is 10.5. The van der Waals surface area contributed by atoms with Gasteiger partial charge in [-0.1, -0.05) is 0 Å². The molecule has 0 heterocycles.